The van der Waals surface area contributed by atoms with Crippen LogP contribution in [0.3, 0.4) is 0 Å². The third-order valence-corrected chi connectivity index (χ3v) is 1.74. The molecule has 0 saturated carbocycles. The van der Waals surface area contributed by atoms with Crippen LogP contribution < -0.4 is 5.32 Å². The average molecular weight is 188 g/mol. The molecule has 13 heavy (non-hydrogen) atoms. The lowest BCUT2D eigenvalue weighted by Gasteiger charge is -2.16. The van der Waals surface area contributed by atoms with E-state index in [2.05, 4.69) is 12.2 Å². The topological polar surface area (TPSA) is 41.6 Å². The number of carbonyl (C=O) groups excluding carboxylic acids is 1. The van der Waals surface area contributed by atoms with Gasteiger partial charge >= 0.3 is 0 Å². The number of ether oxygens (including phenoxy) is 1. The van der Waals surface area contributed by atoms with Crippen molar-refractivity contribution in [2.24, 2.45) is 0 Å². The van der Waals surface area contributed by atoms with Crippen LogP contribution in [0.15, 0.2) is 0 Å². The van der Waals surface area contributed by atoms with E-state index in [-0.39, 0.29) is 12.5 Å². The summed E-state index contributed by atoms with van der Waals surface area (Å²) in [7, 11) is 3.32. The van der Waals surface area contributed by atoms with Gasteiger partial charge in [-0.3, -0.25) is 4.79 Å². The molecule has 0 rings (SSSR count). The van der Waals surface area contributed by atoms with Crippen molar-refractivity contribution in [3.8, 4) is 0 Å². The molecule has 0 atom stereocenters. The number of carbonyl (C=O) groups is 1. The molecule has 0 heterocycles. The molecule has 0 radical (unpaired) electrons. The van der Waals surface area contributed by atoms with E-state index >= 15 is 0 Å². The number of hydrogen-bond donors (Lipinski definition) is 1. The summed E-state index contributed by atoms with van der Waals surface area (Å²) in [6.07, 6.45) is 1.12. The summed E-state index contributed by atoms with van der Waals surface area (Å²) >= 11 is 0. The highest BCUT2D eigenvalue weighted by atomic mass is 16.5. The molecule has 4 nitrogen and oxygen atoms in total. The number of nitrogens with zero attached hydrogens (tertiary/aromatic N) is 1. The highest BCUT2D eigenvalue weighted by molar-refractivity contribution is 5.77. The first-order valence-electron chi connectivity index (χ1n) is 4.66. The minimum Gasteiger partial charge on any atom is -0.375 e. The number of nitrogens with one attached hydrogen (secondary N) is 1. The number of rotatable bonds is 7. The van der Waals surface area contributed by atoms with Gasteiger partial charge in [0.2, 0.25) is 5.91 Å². The Morgan fingerprint density at radius 1 is 1.46 bits per heavy atom. The Kier molecular flexibility index (Phi) is 7.63. The van der Waals surface area contributed by atoms with Gasteiger partial charge in [-0.25, -0.2) is 0 Å². The fraction of sp³-hybridized carbons (Fsp3) is 0.889. The van der Waals surface area contributed by atoms with E-state index in [0.29, 0.717) is 0 Å². The summed E-state index contributed by atoms with van der Waals surface area (Å²) in [6.45, 7) is 4.88. The van der Waals surface area contributed by atoms with Crippen molar-refractivity contribution in [1.29, 1.82) is 0 Å². The number of likely N-dealkylation sites (N-methyl/N-ethyl adjacent to an activating group) is 1. The van der Waals surface area contributed by atoms with E-state index in [1.54, 1.807) is 11.9 Å². The second-order valence-corrected chi connectivity index (χ2v) is 3.00. The van der Waals surface area contributed by atoms with E-state index in [9.17, 15) is 4.79 Å². The third-order valence-electron chi connectivity index (χ3n) is 1.74. The molecule has 0 aliphatic rings. The Labute approximate surface area is 80.2 Å². The summed E-state index contributed by atoms with van der Waals surface area (Å²) < 4.78 is 4.74. The maximum atomic E-state index is 11.2. The quantitative estimate of drug-likeness (QED) is 0.576. The largest absolute Gasteiger partial charge is 0.375 e. The van der Waals surface area contributed by atoms with Crippen molar-refractivity contribution in [1.82, 2.24) is 10.2 Å². The summed E-state index contributed by atoms with van der Waals surface area (Å²) in [6, 6.07) is 0. The van der Waals surface area contributed by atoms with Crippen LogP contribution in [0.4, 0.5) is 0 Å². The molecule has 0 aromatic rings. The zero-order valence-electron chi connectivity index (χ0n) is 8.80. The van der Waals surface area contributed by atoms with Crippen LogP contribution in [0.2, 0.25) is 0 Å². The van der Waals surface area contributed by atoms with Crippen LogP contribution in [0, 0.1) is 0 Å². The SMILES string of the molecule is CCCNCCN(C)C(=O)COC. The molecular weight excluding hydrogens is 168 g/mol. The third kappa shape index (κ3) is 6.54. The van der Waals surface area contributed by atoms with Gasteiger partial charge in [0.05, 0.1) is 0 Å². The van der Waals surface area contributed by atoms with E-state index < -0.39 is 0 Å². The van der Waals surface area contributed by atoms with Crippen molar-refractivity contribution >= 4 is 5.91 Å². The first-order valence-corrected chi connectivity index (χ1v) is 4.66. The van der Waals surface area contributed by atoms with Crippen LogP contribution in [0.25, 0.3) is 0 Å². The minimum atomic E-state index is 0.0285. The van der Waals surface area contributed by atoms with E-state index in [0.717, 1.165) is 26.1 Å². The lowest BCUT2D eigenvalue weighted by molar-refractivity contribution is -0.133. The molecule has 0 bridgehead atoms. The summed E-state index contributed by atoms with van der Waals surface area (Å²) in [5, 5.41) is 3.23. The lowest BCUT2D eigenvalue weighted by atomic mass is 10.4. The van der Waals surface area contributed by atoms with Gasteiger partial charge < -0.3 is 15.0 Å². The molecule has 1 N–H and O–H groups in total. The predicted molar refractivity (Wildman–Crippen MR) is 52.7 cm³/mol. The molecule has 0 spiro atoms. The summed E-state index contributed by atoms with van der Waals surface area (Å²) in [5.41, 5.74) is 0. The van der Waals surface area contributed by atoms with Gasteiger partial charge in [0, 0.05) is 27.2 Å². The lowest BCUT2D eigenvalue weighted by Crippen LogP contribution is -2.35. The Hall–Kier alpha value is -0.610. The van der Waals surface area contributed by atoms with Crippen LogP contribution in [-0.4, -0.2) is 51.2 Å². The van der Waals surface area contributed by atoms with Gasteiger partial charge in [0.25, 0.3) is 0 Å². The maximum absolute atomic E-state index is 11.2. The monoisotopic (exact) mass is 188 g/mol. The fourth-order valence-corrected chi connectivity index (χ4v) is 0.907. The molecule has 1 amide bonds. The fourth-order valence-electron chi connectivity index (χ4n) is 0.907. The van der Waals surface area contributed by atoms with Gasteiger partial charge in [-0.15, -0.1) is 0 Å². The minimum absolute atomic E-state index is 0.0285. The molecule has 0 saturated heterocycles. The van der Waals surface area contributed by atoms with Crippen molar-refractivity contribution in [3.05, 3.63) is 0 Å². The standard InChI is InChI=1S/C9H20N2O2/c1-4-5-10-6-7-11(2)9(12)8-13-3/h10H,4-8H2,1-3H3. The van der Waals surface area contributed by atoms with E-state index in [1.165, 1.54) is 7.11 Å². The molecule has 78 valence electrons. The van der Waals surface area contributed by atoms with E-state index in [1.807, 2.05) is 0 Å². The Morgan fingerprint density at radius 2 is 2.15 bits per heavy atom. The van der Waals surface area contributed by atoms with Crippen LogP contribution in [0.1, 0.15) is 13.3 Å². The first kappa shape index (κ1) is 12.4. The highest BCUT2D eigenvalue weighted by Crippen LogP contribution is 1.84. The van der Waals surface area contributed by atoms with E-state index in [4.69, 9.17) is 4.74 Å². The van der Waals surface area contributed by atoms with Gasteiger partial charge in [-0.1, -0.05) is 6.92 Å². The number of hydrogen-bond acceptors (Lipinski definition) is 3. The Balaban J connectivity index is 3.38. The van der Waals surface area contributed by atoms with Crippen molar-refractivity contribution < 1.29 is 9.53 Å². The van der Waals surface area contributed by atoms with Crippen molar-refractivity contribution in [2.75, 3.05) is 40.4 Å². The van der Waals surface area contributed by atoms with Crippen LogP contribution in [0.5, 0.6) is 0 Å². The van der Waals surface area contributed by atoms with Crippen molar-refractivity contribution in [3.63, 3.8) is 0 Å². The molecule has 0 aromatic carbocycles. The molecule has 0 fully saturated rings. The maximum Gasteiger partial charge on any atom is 0.248 e. The molecule has 0 unspecified atom stereocenters. The normalized spacial score (nSPS) is 10.1. The molecular formula is C9H20N2O2. The smallest absolute Gasteiger partial charge is 0.248 e. The Bertz CT molecular complexity index is 140. The molecule has 4 heteroatoms. The molecule has 0 aromatic heterocycles. The number of methoxy groups -OCH3 is 1. The highest BCUT2D eigenvalue weighted by Gasteiger charge is 2.06. The molecule has 0 aliphatic carbocycles. The van der Waals surface area contributed by atoms with Crippen molar-refractivity contribution in [2.45, 2.75) is 13.3 Å². The second kappa shape index (κ2) is 8.01. The van der Waals surface area contributed by atoms with Gasteiger partial charge in [0.1, 0.15) is 6.61 Å². The predicted octanol–water partition coefficient (Wildman–Crippen LogP) is 0.0908. The van der Waals surface area contributed by atoms with Gasteiger partial charge in [-0.05, 0) is 13.0 Å². The first-order chi connectivity index (χ1) is 6.22. The molecule has 0 aliphatic heterocycles. The van der Waals surface area contributed by atoms with Crippen LogP contribution >= 0.6 is 0 Å². The number of amides is 1. The zero-order valence-corrected chi connectivity index (χ0v) is 8.80. The zero-order chi connectivity index (χ0) is 10.1. The van der Waals surface area contributed by atoms with Gasteiger partial charge in [-0.2, -0.15) is 0 Å². The van der Waals surface area contributed by atoms with Gasteiger partial charge in [0.15, 0.2) is 0 Å². The summed E-state index contributed by atoms with van der Waals surface area (Å²) in [5.74, 6) is 0.0285. The average Bonchev–Trinajstić information content (AvgIpc) is 2.12. The second-order valence-electron chi connectivity index (χ2n) is 3.00. The Morgan fingerprint density at radius 3 is 2.69 bits per heavy atom. The van der Waals surface area contributed by atoms with Crippen LogP contribution in [-0.2, 0) is 9.53 Å². The summed E-state index contributed by atoms with van der Waals surface area (Å²) in [4.78, 5) is 12.9.